The van der Waals surface area contributed by atoms with Crippen molar-refractivity contribution in [3.8, 4) is 0 Å². The Morgan fingerprint density at radius 1 is 0.326 bits per heavy atom. The van der Waals surface area contributed by atoms with Crippen molar-refractivity contribution in [2.45, 2.75) is 293 Å². The van der Waals surface area contributed by atoms with E-state index in [1.165, 1.54) is 80.4 Å². The molecule has 0 rings (SSSR count). The first kappa shape index (κ1) is 82.2. The zero-order valence-corrected chi connectivity index (χ0v) is 56.8. The van der Waals surface area contributed by atoms with Crippen molar-refractivity contribution in [1.29, 1.82) is 0 Å². The minimum Gasteiger partial charge on any atom is -0.395 e. The van der Waals surface area contributed by atoms with Crippen LogP contribution in [0.4, 0.5) is 0 Å². The number of unbranched alkanes of at least 4 members (excludes halogenated alkanes) is 26. The van der Waals surface area contributed by atoms with Crippen LogP contribution in [-0.4, -0.2) is 185 Å². The van der Waals surface area contributed by atoms with E-state index in [1.807, 2.05) is 0 Å². The maximum atomic E-state index is 15.1. The number of carbonyl (C=O) groups excluding carboxylic acids is 7. The summed E-state index contributed by atoms with van der Waals surface area (Å²) in [5.41, 5.74) is 5.75. The third-order valence-corrected chi connectivity index (χ3v) is 17.2. The van der Waals surface area contributed by atoms with Gasteiger partial charge in [-0.25, -0.2) is 0 Å². The van der Waals surface area contributed by atoms with E-state index in [4.69, 9.17) is 5.73 Å². The van der Waals surface area contributed by atoms with Gasteiger partial charge in [-0.1, -0.05) is 248 Å². The number of aliphatic hydroxyl groups excluding tert-OH is 2. The van der Waals surface area contributed by atoms with Crippen LogP contribution in [0.3, 0.4) is 0 Å². The number of hydrogen-bond donors (Lipinski definition) is 4. The van der Waals surface area contributed by atoms with Gasteiger partial charge in [0.25, 0.3) is 0 Å². The van der Waals surface area contributed by atoms with Crippen molar-refractivity contribution in [2.24, 2.45) is 17.6 Å². The van der Waals surface area contributed by atoms with E-state index in [1.54, 1.807) is 19.6 Å². The number of hydrogen-bond acceptors (Lipinski definition) is 10. The highest BCUT2D eigenvalue weighted by molar-refractivity contribution is 5.92. The molecular weight excluding hydrogens is 1080 g/mol. The second-order valence-corrected chi connectivity index (χ2v) is 25.0. The molecule has 17 nitrogen and oxygen atoms in total. The monoisotopic (exact) mass is 1220 g/mol. The summed E-state index contributed by atoms with van der Waals surface area (Å²) < 4.78 is 0. The lowest BCUT2D eigenvalue weighted by Gasteiger charge is -2.34. The number of nitrogens with one attached hydrogen (secondary N) is 1. The molecule has 0 spiro atoms. The molecule has 17 heteroatoms. The van der Waals surface area contributed by atoms with Crippen LogP contribution in [0.1, 0.15) is 287 Å². The highest BCUT2D eigenvalue weighted by atomic mass is 16.3. The molecule has 2 atom stereocenters. The third-order valence-electron chi connectivity index (χ3n) is 17.2. The molecular formula is C69H134N8O9. The summed E-state index contributed by atoms with van der Waals surface area (Å²) in [6.07, 6.45) is 36.3. The van der Waals surface area contributed by atoms with E-state index >= 15 is 9.59 Å². The van der Waals surface area contributed by atoms with Crippen LogP contribution in [0, 0.1) is 11.8 Å². The summed E-state index contributed by atoms with van der Waals surface area (Å²) in [5.74, 6) is -2.48. The SMILES string of the molecule is CCCCCCCCCCCCN(CC(=O)N(CC(N)=O)CC(CC)CCCC)C(=O)CN(CCCCCC)C(=O)CN(CC(CC)CCCC)C(=O)CN(CCCCCCCCCCCC)C(=O)CN(CCCCCC)C(=O)CNC(CO)CO. The number of carbonyl (C=O) groups is 7. The minimum atomic E-state index is -0.688. The molecule has 0 aromatic rings. The van der Waals surface area contributed by atoms with E-state index in [-0.39, 0.29) is 106 Å². The van der Waals surface area contributed by atoms with Crippen molar-refractivity contribution in [3.63, 3.8) is 0 Å². The van der Waals surface area contributed by atoms with E-state index in [9.17, 15) is 34.2 Å². The zero-order chi connectivity index (χ0) is 64.0. The molecule has 0 bridgehead atoms. The summed E-state index contributed by atoms with van der Waals surface area (Å²) in [6, 6.07) is -0.688. The van der Waals surface area contributed by atoms with Crippen molar-refractivity contribution >= 4 is 41.4 Å². The largest absolute Gasteiger partial charge is 0.395 e. The Balaban J connectivity index is 7.25. The molecule has 0 aliphatic rings. The zero-order valence-electron chi connectivity index (χ0n) is 56.8. The van der Waals surface area contributed by atoms with E-state index in [0.29, 0.717) is 65.0 Å². The van der Waals surface area contributed by atoms with Crippen molar-refractivity contribution in [3.05, 3.63) is 0 Å². The molecule has 5 N–H and O–H groups in total. The van der Waals surface area contributed by atoms with E-state index in [2.05, 4.69) is 60.7 Å². The summed E-state index contributed by atoms with van der Waals surface area (Å²) in [7, 11) is 0. The second kappa shape index (κ2) is 56.4. The average molecular weight is 1220 g/mol. The summed E-state index contributed by atoms with van der Waals surface area (Å²) in [4.78, 5) is 110. The van der Waals surface area contributed by atoms with Gasteiger partial charge in [0, 0.05) is 39.3 Å². The Labute approximate surface area is 526 Å². The number of rotatable bonds is 61. The molecule has 0 saturated carbocycles. The number of primary amides is 1. The highest BCUT2D eigenvalue weighted by Crippen LogP contribution is 2.19. The van der Waals surface area contributed by atoms with Gasteiger partial charge in [-0.3, -0.25) is 33.6 Å². The highest BCUT2D eigenvalue weighted by Gasteiger charge is 2.31. The van der Waals surface area contributed by atoms with Crippen LogP contribution in [0.25, 0.3) is 0 Å². The van der Waals surface area contributed by atoms with Gasteiger partial charge in [0.15, 0.2) is 0 Å². The van der Waals surface area contributed by atoms with Crippen molar-refractivity contribution in [1.82, 2.24) is 34.7 Å². The molecule has 0 aromatic heterocycles. The molecule has 0 fully saturated rings. The van der Waals surface area contributed by atoms with Crippen LogP contribution in [0.2, 0.25) is 0 Å². The second-order valence-electron chi connectivity index (χ2n) is 25.0. The predicted octanol–water partition coefficient (Wildman–Crippen LogP) is 11.8. The smallest absolute Gasteiger partial charge is 0.242 e. The van der Waals surface area contributed by atoms with Crippen molar-refractivity contribution in [2.75, 3.05) is 98.3 Å². The molecule has 86 heavy (non-hydrogen) atoms. The van der Waals surface area contributed by atoms with Gasteiger partial charge in [0.1, 0.15) is 0 Å². The standard InChI is InChI=1S/C69H134N8O9/c1-9-17-23-27-29-31-33-35-37-41-47-74(55-68(85)76(52-63(70)80)50-60(15-7)43-21-13-5)66(83)54-73(46-40-26-20-12-4)67(84)57-77(51-61(16-8)44-22-14-6)69(86)56-75(48-42-38-36-34-32-30-28-24-18-10-2)65(82)53-72(45-39-25-19-11-3)64(81)49-71-62(58-78)59-79/h60-62,71,78-79H,9-59H2,1-8H3,(H2,70,80). The summed E-state index contributed by atoms with van der Waals surface area (Å²) in [6.45, 7) is 16.6. The van der Waals surface area contributed by atoms with Crippen LogP contribution >= 0.6 is 0 Å². The maximum Gasteiger partial charge on any atom is 0.242 e. The fraction of sp³-hybridized carbons (Fsp3) is 0.899. The normalized spacial score (nSPS) is 12.1. The fourth-order valence-corrected chi connectivity index (χ4v) is 11.2. The Bertz CT molecular complexity index is 1720. The van der Waals surface area contributed by atoms with Crippen LogP contribution in [0.15, 0.2) is 0 Å². The van der Waals surface area contributed by atoms with Crippen molar-refractivity contribution < 1.29 is 43.8 Å². The molecule has 0 aliphatic carbocycles. The Kier molecular flexibility index (Phi) is 53.9. The molecule has 0 aliphatic heterocycles. The van der Waals surface area contributed by atoms with Gasteiger partial charge in [-0.05, 0) is 50.4 Å². The van der Waals surface area contributed by atoms with Gasteiger partial charge in [0.2, 0.25) is 41.4 Å². The summed E-state index contributed by atoms with van der Waals surface area (Å²) in [5, 5.41) is 22.3. The lowest BCUT2D eigenvalue weighted by Crippen LogP contribution is -2.53. The fourth-order valence-electron chi connectivity index (χ4n) is 11.2. The Morgan fingerprint density at radius 3 is 0.849 bits per heavy atom. The number of nitrogens with two attached hydrogens (primary N) is 1. The van der Waals surface area contributed by atoms with E-state index < -0.39 is 11.9 Å². The van der Waals surface area contributed by atoms with Gasteiger partial charge < -0.3 is 50.7 Å². The number of amides is 7. The molecule has 2 unspecified atom stereocenters. The van der Waals surface area contributed by atoms with Gasteiger partial charge in [0.05, 0.1) is 65.1 Å². The molecule has 0 radical (unpaired) electrons. The Morgan fingerprint density at radius 2 is 0.570 bits per heavy atom. The molecule has 0 aromatic carbocycles. The first-order valence-corrected chi connectivity index (χ1v) is 35.5. The van der Waals surface area contributed by atoms with Gasteiger partial charge >= 0.3 is 0 Å². The quantitative estimate of drug-likeness (QED) is 0.0422. The minimum absolute atomic E-state index is 0.0862. The first-order chi connectivity index (χ1) is 41.6. The van der Waals surface area contributed by atoms with Gasteiger partial charge in [-0.15, -0.1) is 0 Å². The predicted molar refractivity (Wildman–Crippen MR) is 353 cm³/mol. The number of nitrogens with zero attached hydrogens (tertiary/aromatic N) is 6. The average Bonchev–Trinajstić information content (AvgIpc) is 3.47. The molecule has 7 amide bonds. The Hall–Kier alpha value is -3.83. The van der Waals surface area contributed by atoms with Gasteiger partial charge in [-0.2, -0.15) is 0 Å². The first-order valence-electron chi connectivity index (χ1n) is 35.5. The van der Waals surface area contributed by atoms with Crippen LogP contribution in [0.5, 0.6) is 0 Å². The third kappa shape index (κ3) is 42.2. The van der Waals surface area contributed by atoms with E-state index in [0.717, 1.165) is 135 Å². The number of aliphatic hydroxyl groups is 2. The van der Waals surface area contributed by atoms with Crippen LogP contribution < -0.4 is 11.1 Å². The van der Waals surface area contributed by atoms with Crippen LogP contribution in [-0.2, 0) is 33.6 Å². The molecule has 0 heterocycles. The maximum absolute atomic E-state index is 15.1. The molecule has 504 valence electrons. The topological polar surface area (TPSA) is 217 Å². The lowest BCUT2D eigenvalue weighted by molar-refractivity contribution is -0.148. The lowest BCUT2D eigenvalue weighted by atomic mass is 9.98. The summed E-state index contributed by atoms with van der Waals surface area (Å²) >= 11 is 0. The molecule has 0 saturated heterocycles.